The smallest absolute Gasteiger partial charge is 0.243 e. The van der Waals surface area contributed by atoms with Crippen LogP contribution in [0.3, 0.4) is 0 Å². The molecule has 1 aliphatic rings. The number of thioether (sulfide) groups is 1. The summed E-state index contributed by atoms with van der Waals surface area (Å²) in [6, 6.07) is 12.3. The highest BCUT2D eigenvalue weighted by atomic mass is 35.5. The number of rotatable bonds is 6. The molecule has 0 aliphatic carbocycles. The van der Waals surface area contributed by atoms with Crippen LogP contribution in [0.25, 0.3) is 0 Å². The fourth-order valence-corrected chi connectivity index (χ4v) is 5.62. The number of fused-ring (bicyclic) bond motifs is 1. The van der Waals surface area contributed by atoms with E-state index in [0.717, 1.165) is 10.5 Å². The van der Waals surface area contributed by atoms with Crippen molar-refractivity contribution >= 4 is 45.0 Å². The minimum absolute atomic E-state index is 0.0650. The Morgan fingerprint density at radius 3 is 2.52 bits per heavy atom. The molecule has 3 rings (SSSR count). The minimum atomic E-state index is -3.60. The van der Waals surface area contributed by atoms with Gasteiger partial charge in [-0.1, -0.05) is 43.6 Å². The number of sulfonamides is 1. The van der Waals surface area contributed by atoms with Crippen molar-refractivity contribution in [1.82, 2.24) is 4.31 Å². The molecule has 144 valence electrons. The van der Waals surface area contributed by atoms with Crippen molar-refractivity contribution in [1.29, 1.82) is 0 Å². The summed E-state index contributed by atoms with van der Waals surface area (Å²) in [6.07, 6.45) is 0. The van der Waals surface area contributed by atoms with Gasteiger partial charge in [0.05, 0.1) is 22.9 Å². The van der Waals surface area contributed by atoms with Crippen LogP contribution in [0.15, 0.2) is 52.3 Å². The number of carbonyl (C=O) groups excluding carboxylic acids is 1. The van der Waals surface area contributed by atoms with E-state index in [0.29, 0.717) is 36.1 Å². The molecule has 2 aromatic carbocycles. The van der Waals surface area contributed by atoms with Crippen LogP contribution in [0.5, 0.6) is 0 Å². The van der Waals surface area contributed by atoms with Crippen LogP contribution >= 0.6 is 23.4 Å². The van der Waals surface area contributed by atoms with E-state index in [-0.39, 0.29) is 10.8 Å². The van der Waals surface area contributed by atoms with Gasteiger partial charge in [0.1, 0.15) is 0 Å². The van der Waals surface area contributed by atoms with Gasteiger partial charge in [0.15, 0.2) is 0 Å². The lowest BCUT2D eigenvalue weighted by molar-refractivity contribution is -0.116. The Bertz CT molecular complexity index is 959. The van der Waals surface area contributed by atoms with Crippen molar-refractivity contribution in [3.8, 4) is 0 Å². The largest absolute Gasteiger partial charge is 0.306 e. The molecular formula is C19H21ClN2O3S2. The van der Waals surface area contributed by atoms with E-state index in [1.165, 1.54) is 16.1 Å². The number of anilines is 1. The fourth-order valence-electron chi connectivity index (χ4n) is 3.03. The van der Waals surface area contributed by atoms with Crippen LogP contribution in [0.2, 0.25) is 5.02 Å². The third-order valence-corrected chi connectivity index (χ3v) is 7.97. The molecule has 27 heavy (non-hydrogen) atoms. The molecule has 0 bridgehead atoms. The van der Waals surface area contributed by atoms with E-state index < -0.39 is 10.0 Å². The molecule has 0 radical (unpaired) electrons. The summed E-state index contributed by atoms with van der Waals surface area (Å²) >= 11 is 7.68. The van der Waals surface area contributed by atoms with Crippen molar-refractivity contribution in [2.75, 3.05) is 23.7 Å². The first kappa shape index (κ1) is 20.2. The van der Waals surface area contributed by atoms with Gasteiger partial charge in [-0.2, -0.15) is 4.31 Å². The van der Waals surface area contributed by atoms with Gasteiger partial charge in [0, 0.05) is 23.0 Å². The minimum Gasteiger partial charge on any atom is -0.306 e. The molecule has 1 aliphatic heterocycles. The zero-order chi connectivity index (χ0) is 19.6. The predicted molar refractivity (Wildman–Crippen MR) is 110 cm³/mol. The van der Waals surface area contributed by atoms with Crippen molar-refractivity contribution in [3.63, 3.8) is 0 Å². The Morgan fingerprint density at radius 2 is 1.85 bits per heavy atom. The second kappa shape index (κ2) is 8.22. The number of hydrogen-bond donors (Lipinski definition) is 0. The van der Waals surface area contributed by atoms with Gasteiger partial charge in [-0.15, -0.1) is 11.8 Å². The number of amides is 1. The highest BCUT2D eigenvalue weighted by Crippen LogP contribution is 2.38. The van der Waals surface area contributed by atoms with E-state index >= 15 is 0 Å². The maximum atomic E-state index is 12.9. The van der Waals surface area contributed by atoms with Gasteiger partial charge in [0.2, 0.25) is 15.9 Å². The summed E-state index contributed by atoms with van der Waals surface area (Å²) in [7, 11) is -3.60. The summed E-state index contributed by atoms with van der Waals surface area (Å²) in [5, 5.41) is 0.581. The summed E-state index contributed by atoms with van der Waals surface area (Å²) < 4.78 is 27.2. The maximum absolute atomic E-state index is 12.9. The Labute approximate surface area is 169 Å². The molecule has 0 spiro atoms. The monoisotopic (exact) mass is 424 g/mol. The summed E-state index contributed by atoms with van der Waals surface area (Å²) in [6.45, 7) is 4.71. The lowest BCUT2D eigenvalue weighted by Crippen LogP contribution is -2.35. The molecule has 0 fully saturated rings. The van der Waals surface area contributed by atoms with Crippen molar-refractivity contribution < 1.29 is 13.2 Å². The Morgan fingerprint density at radius 1 is 1.15 bits per heavy atom. The van der Waals surface area contributed by atoms with Gasteiger partial charge >= 0.3 is 0 Å². The van der Waals surface area contributed by atoms with E-state index in [2.05, 4.69) is 0 Å². The zero-order valence-corrected chi connectivity index (χ0v) is 17.6. The summed E-state index contributed by atoms with van der Waals surface area (Å²) in [5.41, 5.74) is 1.44. The van der Waals surface area contributed by atoms with Crippen LogP contribution in [0.4, 0.5) is 5.69 Å². The van der Waals surface area contributed by atoms with Crippen molar-refractivity contribution in [3.05, 3.63) is 53.1 Å². The van der Waals surface area contributed by atoms with Gasteiger partial charge in [-0.25, -0.2) is 8.42 Å². The first-order valence-corrected chi connectivity index (χ1v) is 11.5. The zero-order valence-electron chi connectivity index (χ0n) is 15.2. The normalized spacial score (nSPS) is 14.5. The average molecular weight is 425 g/mol. The lowest BCUT2D eigenvalue weighted by Gasteiger charge is -2.30. The second-order valence-electron chi connectivity index (χ2n) is 6.08. The SMILES string of the molecule is CCN(CC)S(=O)(=O)c1ccc2c(c1)N(Cc1ccccc1Cl)C(=O)CS2. The van der Waals surface area contributed by atoms with Gasteiger partial charge in [-0.05, 0) is 29.8 Å². The molecule has 1 heterocycles. The highest BCUT2D eigenvalue weighted by Gasteiger charge is 2.29. The molecule has 0 saturated heterocycles. The van der Waals surface area contributed by atoms with E-state index in [4.69, 9.17) is 11.6 Å². The molecule has 0 unspecified atom stereocenters. The number of benzene rings is 2. The number of hydrogen-bond acceptors (Lipinski definition) is 4. The highest BCUT2D eigenvalue weighted by molar-refractivity contribution is 8.00. The standard InChI is InChI=1S/C19H21ClN2O3S2/c1-3-21(4-2)27(24,25)15-9-10-18-17(11-15)22(19(23)13-26-18)12-14-7-5-6-8-16(14)20/h5-11H,3-4,12-13H2,1-2H3. The molecule has 2 aromatic rings. The third kappa shape index (κ3) is 4.01. The molecule has 0 atom stereocenters. The number of nitrogens with zero attached hydrogens (tertiary/aromatic N) is 2. The fraction of sp³-hybridized carbons (Fsp3) is 0.316. The quantitative estimate of drug-likeness (QED) is 0.703. The Kier molecular flexibility index (Phi) is 6.15. The summed E-state index contributed by atoms with van der Waals surface area (Å²) in [5.74, 6) is 0.254. The average Bonchev–Trinajstić information content (AvgIpc) is 2.66. The molecule has 5 nitrogen and oxygen atoms in total. The number of carbonyl (C=O) groups is 1. The van der Waals surface area contributed by atoms with E-state index in [1.54, 1.807) is 29.2 Å². The Balaban J connectivity index is 2.03. The van der Waals surface area contributed by atoms with Gasteiger partial charge in [0.25, 0.3) is 0 Å². The molecule has 0 saturated carbocycles. The summed E-state index contributed by atoms with van der Waals surface area (Å²) in [4.78, 5) is 15.3. The van der Waals surface area contributed by atoms with E-state index in [1.807, 2.05) is 32.0 Å². The number of halogens is 1. The van der Waals surface area contributed by atoms with Crippen molar-refractivity contribution in [2.24, 2.45) is 0 Å². The maximum Gasteiger partial charge on any atom is 0.243 e. The van der Waals surface area contributed by atoms with Crippen LogP contribution < -0.4 is 4.90 Å². The lowest BCUT2D eigenvalue weighted by atomic mass is 10.2. The molecule has 8 heteroatoms. The van der Waals surface area contributed by atoms with Gasteiger partial charge < -0.3 is 4.90 Å². The van der Waals surface area contributed by atoms with Crippen molar-refractivity contribution in [2.45, 2.75) is 30.2 Å². The predicted octanol–water partition coefficient (Wildman–Crippen LogP) is 4.01. The Hall–Kier alpha value is -1.54. The van der Waals surface area contributed by atoms with Crippen LogP contribution in [-0.2, 0) is 21.4 Å². The van der Waals surface area contributed by atoms with Gasteiger partial charge in [-0.3, -0.25) is 4.79 Å². The molecule has 1 amide bonds. The first-order chi connectivity index (χ1) is 12.9. The molecule has 0 N–H and O–H groups in total. The van der Waals surface area contributed by atoms with E-state index in [9.17, 15) is 13.2 Å². The molecular weight excluding hydrogens is 404 g/mol. The topological polar surface area (TPSA) is 57.7 Å². The molecule has 0 aromatic heterocycles. The van der Waals surface area contributed by atoms with Crippen LogP contribution in [0.1, 0.15) is 19.4 Å². The third-order valence-electron chi connectivity index (χ3n) is 4.50. The van der Waals surface area contributed by atoms with Crippen LogP contribution in [-0.4, -0.2) is 37.5 Å². The first-order valence-electron chi connectivity index (χ1n) is 8.69. The van der Waals surface area contributed by atoms with Crippen LogP contribution in [0, 0.1) is 0 Å². The second-order valence-corrected chi connectivity index (χ2v) is 9.44.